The van der Waals surface area contributed by atoms with E-state index in [1.165, 1.54) is 25.7 Å². The van der Waals surface area contributed by atoms with Gasteiger partial charge in [-0.1, -0.05) is 79.1 Å². The van der Waals surface area contributed by atoms with Crippen molar-refractivity contribution in [1.82, 2.24) is 0 Å². The lowest BCUT2D eigenvalue weighted by Gasteiger charge is -2.14. The first kappa shape index (κ1) is 26.9. The van der Waals surface area contributed by atoms with E-state index in [0.717, 1.165) is 51.4 Å². The molecule has 0 bridgehead atoms. The number of carbonyl (C=O) groups is 2. The Morgan fingerprint density at radius 3 is 1.32 bits per heavy atom. The van der Waals surface area contributed by atoms with Crippen LogP contribution in [-0.4, -0.2) is 25.2 Å². The van der Waals surface area contributed by atoms with Gasteiger partial charge in [0.25, 0.3) is 0 Å². The number of hydrogen-bond acceptors (Lipinski definition) is 4. The van der Waals surface area contributed by atoms with Gasteiger partial charge < -0.3 is 9.47 Å². The van der Waals surface area contributed by atoms with E-state index in [1.54, 1.807) is 0 Å². The van der Waals surface area contributed by atoms with Crippen LogP contribution in [-0.2, 0) is 19.1 Å². The summed E-state index contributed by atoms with van der Waals surface area (Å²) in [7, 11) is 0. The monoisotopic (exact) mass is 398 g/mol. The minimum Gasteiger partial charge on any atom is -0.465 e. The molecule has 0 saturated carbocycles. The van der Waals surface area contributed by atoms with Crippen LogP contribution in [0.3, 0.4) is 0 Å². The largest absolute Gasteiger partial charge is 0.465 e. The second kappa shape index (κ2) is 19.3. The van der Waals surface area contributed by atoms with E-state index in [9.17, 15) is 9.59 Å². The van der Waals surface area contributed by atoms with Crippen molar-refractivity contribution in [2.45, 2.75) is 118 Å². The highest BCUT2D eigenvalue weighted by atomic mass is 16.5. The molecule has 0 heterocycles. The van der Waals surface area contributed by atoms with Crippen LogP contribution in [0.4, 0.5) is 0 Å². The molecule has 0 aromatic carbocycles. The van der Waals surface area contributed by atoms with Gasteiger partial charge in [-0.15, -0.1) is 0 Å². The summed E-state index contributed by atoms with van der Waals surface area (Å²) in [6.45, 7) is 9.83. The van der Waals surface area contributed by atoms with Crippen LogP contribution in [0, 0.1) is 11.8 Å². The van der Waals surface area contributed by atoms with Gasteiger partial charge in [-0.2, -0.15) is 0 Å². The zero-order valence-corrected chi connectivity index (χ0v) is 19.1. The van der Waals surface area contributed by atoms with E-state index >= 15 is 0 Å². The molecule has 0 saturated heterocycles. The molecule has 0 aliphatic carbocycles. The fourth-order valence-corrected chi connectivity index (χ4v) is 3.25. The number of hydrogen-bond donors (Lipinski definition) is 0. The summed E-state index contributed by atoms with van der Waals surface area (Å²) in [4.78, 5) is 23.7. The molecule has 0 aromatic heterocycles. The summed E-state index contributed by atoms with van der Waals surface area (Å²) >= 11 is 0. The van der Waals surface area contributed by atoms with Crippen molar-refractivity contribution in [3.8, 4) is 0 Å². The van der Waals surface area contributed by atoms with Crippen molar-refractivity contribution in [3.05, 3.63) is 0 Å². The molecule has 0 aromatic rings. The van der Waals surface area contributed by atoms with Gasteiger partial charge in [-0.25, -0.2) is 0 Å². The number of carbonyl (C=O) groups excluding carboxylic acids is 2. The van der Waals surface area contributed by atoms with Crippen molar-refractivity contribution >= 4 is 11.9 Å². The highest BCUT2D eigenvalue weighted by Crippen LogP contribution is 2.15. The van der Waals surface area contributed by atoms with E-state index in [0.29, 0.717) is 37.9 Å². The molecule has 2 atom stereocenters. The SMILES string of the molecule is CCCCC(CC)COC(=O)CCCCCCC(=O)OCC(CC)CCCC. The lowest BCUT2D eigenvalue weighted by Crippen LogP contribution is -2.14. The summed E-state index contributed by atoms with van der Waals surface area (Å²) in [5.74, 6) is 0.854. The average molecular weight is 399 g/mol. The molecule has 4 heteroatoms. The van der Waals surface area contributed by atoms with Gasteiger partial charge in [0, 0.05) is 12.8 Å². The van der Waals surface area contributed by atoms with E-state index in [1.807, 2.05) is 0 Å². The maximum absolute atomic E-state index is 11.8. The number of rotatable bonds is 19. The Morgan fingerprint density at radius 1 is 0.607 bits per heavy atom. The Hall–Kier alpha value is -1.06. The van der Waals surface area contributed by atoms with E-state index < -0.39 is 0 Å². The highest BCUT2D eigenvalue weighted by molar-refractivity contribution is 5.69. The van der Waals surface area contributed by atoms with Crippen LogP contribution in [0.5, 0.6) is 0 Å². The van der Waals surface area contributed by atoms with Crippen molar-refractivity contribution in [1.29, 1.82) is 0 Å². The molecular weight excluding hydrogens is 352 g/mol. The minimum atomic E-state index is -0.0768. The summed E-state index contributed by atoms with van der Waals surface area (Å²) in [6, 6.07) is 0. The zero-order valence-electron chi connectivity index (χ0n) is 19.1. The summed E-state index contributed by atoms with van der Waals surface area (Å²) in [5, 5.41) is 0. The first-order valence-electron chi connectivity index (χ1n) is 11.9. The van der Waals surface area contributed by atoms with Crippen LogP contribution in [0.15, 0.2) is 0 Å². The lowest BCUT2D eigenvalue weighted by molar-refractivity contribution is -0.146. The topological polar surface area (TPSA) is 52.6 Å². The Kier molecular flexibility index (Phi) is 18.5. The zero-order chi connectivity index (χ0) is 21.0. The van der Waals surface area contributed by atoms with Crippen LogP contribution >= 0.6 is 0 Å². The molecule has 0 rings (SSSR count). The van der Waals surface area contributed by atoms with Crippen LogP contribution in [0.25, 0.3) is 0 Å². The van der Waals surface area contributed by atoms with Crippen molar-refractivity contribution in [2.24, 2.45) is 11.8 Å². The standard InChI is InChI=1S/C24H46O4/c1-5-9-15-21(7-3)19-27-23(25)17-13-11-12-14-18-24(26)28-20-22(8-4)16-10-6-2/h21-22H,5-20H2,1-4H3. The normalized spacial score (nSPS) is 13.1. The molecule has 2 unspecified atom stereocenters. The van der Waals surface area contributed by atoms with Crippen molar-refractivity contribution in [2.75, 3.05) is 13.2 Å². The van der Waals surface area contributed by atoms with Gasteiger partial charge in [-0.3, -0.25) is 9.59 Å². The first-order chi connectivity index (χ1) is 13.6. The van der Waals surface area contributed by atoms with Gasteiger partial charge in [0.15, 0.2) is 0 Å². The Morgan fingerprint density at radius 2 is 1.00 bits per heavy atom. The molecule has 0 fully saturated rings. The maximum Gasteiger partial charge on any atom is 0.305 e. The third-order valence-electron chi connectivity index (χ3n) is 5.56. The number of ether oxygens (including phenoxy) is 2. The molecule has 166 valence electrons. The second-order valence-corrected chi connectivity index (χ2v) is 8.11. The minimum absolute atomic E-state index is 0.0768. The van der Waals surface area contributed by atoms with Crippen LogP contribution in [0.2, 0.25) is 0 Å². The van der Waals surface area contributed by atoms with Gasteiger partial charge in [-0.05, 0) is 37.5 Å². The quantitative estimate of drug-likeness (QED) is 0.176. The predicted octanol–water partition coefficient (Wildman–Crippen LogP) is 6.85. The fraction of sp³-hybridized carbons (Fsp3) is 0.917. The Bertz CT molecular complexity index is 345. The van der Waals surface area contributed by atoms with Gasteiger partial charge in [0.1, 0.15) is 0 Å². The molecule has 0 aliphatic heterocycles. The van der Waals surface area contributed by atoms with Gasteiger partial charge in [0.2, 0.25) is 0 Å². The molecule has 0 N–H and O–H groups in total. The fourth-order valence-electron chi connectivity index (χ4n) is 3.25. The van der Waals surface area contributed by atoms with Crippen LogP contribution < -0.4 is 0 Å². The molecule has 28 heavy (non-hydrogen) atoms. The van der Waals surface area contributed by atoms with E-state index in [-0.39, 0.29) is 11.9 Å². The summed E-state index contributed by atoms with van der Waals surface area (Å²) in [6.07, 6.45) is 13.8. The van der Waals surface area contributed by atoms with Gasteiger partial charge >= 0.3 is 11.9 Å². The second-order valence-electron chi connectivity index (χ2n) is 8.11. The number of esters is 2. The molecular formula is C24H46O4. The van der Waals surface area contributed by atoms with Gasteiger partial charge in [0.05, 0.1) is 13.2 Å². The Labute approximate surface area is 174 Å². The number of unbranched alkanes of at least 4 members (excludes halogenated alkanes) is 5. The van der Waals surface area contributed by atoms with Crippen molar-refractivity contribution < 1.29 is 19.1 Å². The highest BCUT2D eigenvalue weighted by Gasteiger charge is 2.11. The predicted molar refractivity (Wildman–Crippen MR) is 116 cm³/mol. The molecule has 0 spiro atoms. The summed E-state index contributed by atoms with van der Waals surface area (Å²) < 4.78 is 10.8. The van der Waals surface area contributed by atoms with Crippen LogP contribution in [0.1, 0.15) is 118 Å². The lowest BCUT2D eigenvalue weighted by atomic mass is 10.0. The molecule has 4 nitrogen and oxygen atoms in total. The summed E-state index contributed by atoms with van der Waals surface area (Å²) in [5.41, 5.74) is 0. The molecule has 0 aliphatic rings. The first-order valence-corrected chi connectivity index (χ1v) is 11.9. The third-order valence-corrected chi connectivity index (χ3v) is 5.56. The van der Waals surface area contributed by atoms with E-state index in [2.05, 4.69) is 27.7 Å². The molecule has 0 radical (unpaired) electrons. The average Bonchev–Trinajstić information content (AvgIpc) is 2.70. The third kappa shape index (κ3) is 15.9. The van der Waals surface area contributed by atoms with Crippen molar-refractivity contribution in [3.63, 3.8) is 0 Å². The smallest absolute Gasteiger partial charge is 0.305 e. The molecule has 0 amide bonds. The Balaban J connectivity index is 3.63. The van der Waals surface area contributed by atoms with E-state index in [4.69, 9.17) is 9.47 Å². The maximum atomic E-state index is 11.8.